The molecule has 1 N–H and O–H groups in total. The van der Waals surface area contributed by atoms with Crippen molar-refractivity contribution in [2.24, 2.45) is 0 Å². The SMILES string of the molecule is C[C@H](NP(=S)(Cl)C(C)(C)C)c1ccccc1. The Balaban J connectivity index is 2.80. The summed E-state index contributed by atoms with van der Waals surface area (Å²) >= 11 is 12.0. The van der Waals surface area contributed by atoms with E-state index in [0.717, 1.165) is 0 Å². The summed E-state index contributed by atoms with van der Waals surface area (Å²) in [6.45, 7) is 8.37. The topological polar surface area (TPSA) is 12.0 Å². The molecule has 1 rings (SSSR count). The van der Waals surface area contributed by atoms with E-state index in [0.29, 0.717) is 0 Å². The normalized spacial score (nSPS) is 17.8. The van der Waals surface area contributed by atoms with Crippen LogP contribution in [0, 0.1) is 0 Å². The monoisotopic (exact) mass is 275 g/mol. The highest BCUT2D eigenvalue weighted by Gasteiger charge is 2.31. The smallest absolute Gasteiger partial charge is 0.102 e. The molecule has 0 fully saturated rings. The maximum absolute atomic E-state index is 6.47. The average Bonchev–Trinajstić information content (AvgIpc) is 2.16. The molecule has 2 atom stereocenters. The third kappa shape index (κ3) is 3.56. The Morgan fingerprint density at radius 3 is 2.19 bits per heavy atom. The van der Waals surface area contributed by atoms with E-state index >= 15 is 0 Å². The van der Waals surface area contributed by atoms with E-state index in [9.17, 15) is 0 Å². The lowest BCUT2D eigenvalue weighted by Gasteiger charge is -2.32. The summed E-state index contributed by atoms with van der Waals surface area (Å²) in [5.41, 5.74) is -0.819. The number of rotatable bonds is 3. The van der Waals surface area contributed by atoms with Gasteiger partial charge in [-0.1, -0.05) is 74.2 Å². The van der Waals surface area contributed by atoms with Gasteiger partial charge in [-0.15, -0.1) is 0 Å². The van der Waals surface area contributed by atoms with E-state index in [1.807, 2.05) is 18.2 Å². The van der Waals surface area contributed by atoms with E-state index in [1.165, 1.54) is 5.56 Å². The largest absolute Gasteiger partial charge is 0.270 e. The van der Waals surface area contributed by atoms with Crippen LogP contribution >= 0.6 is 16.8 Å². The first-order chi connectivity index (χ1) is 7.24. The first-order valence-electron chi connectivity index (χ1n) is 5.36. The Bertz CT molecular complexity index is 386. The minimum Gasteiger partial charge on any atom is -0.270 e. The second kappa shape index (κ2) is 5.18. The van der Waals surface area contributed by atoms with Crippen LogP contribution in [-0.2, 0) is 11.8 Å². The molecule has 0 spiro atoms. The van der Waals surface area contributed by atoms with Crippen molar-refractivity contribution >= 4 is 28.6 Å². The summed E-state index contributed by atoms with van der Waals surface area (Å²) in [5, 5.41) is 3.34. The Labute approximate surface area is 108 Å². The molecule has 1 aromatic rings. The van der Waals surface area contributed by atoms with Gasteiger partial charge in [0.2, 0.25) is 0 Å². The van der Waals surface area contributed by atoms with Gasteiger partial charge in [-0.25, -0.2) is 0 Å². The van der Waals surface area contributed by atoms with Gasteiger partial charge in [0.05, 0.1) is 0 Å². The molecule has 0 bridgehead atoms. The molecule has 1 nitrogen and oxygen atoms in total. The second-order valence-electron chi connectivity index (χ2n) is 4.96. The summed E-state index contributed by atoms with van der Waals surface area (Å²) in [6, 6.07) is 10.4. The molecule has 0 amide bonds. The summed E-state index contributed by atoms with van der Waals surface area (Å²) in [5.74, 6) is 0. The van der Waals surface area contributed by atoms with Crippen molar-refractivity contribution in [2.45, 2.75) is 38.9 Å². The van der Waals surface area contributed by atoms with Gasteiger partial charge in [0.25, 0.3) is 0 Å². The minimum atomic E-state index is -2.04. The van der Waals surface area contributed by atoms with Crippen LogP contribution in [0.3, 0.4) is 0 Å². The molecule has 1 unspecified atom stereocenters. The number of hydrogen-bond acceptors (Lipinski definition) is 1. The van der Waals surface area contributed by atoms with Crippen molar-refractivity contribution in [3.8, 4) is 0 Å². The summed E-state index contributed by atoms with van der Waals surface area (Å²) in [6.07, 6.45) is 0. The fourth-order valence-corrected chi connectivity index (χ4v) is 3.21. The van der Waals surface area contributed by atoms with Gasteiger partial charge in [0.15, 0.2) is 0 Å². The number of benzene rings is 1. The van der Waals surface area contributed by atoms with Crippen LogP contribution in [0.25, 0.3) is 0 Å². The zero-order valence-corrected chi connectivity index (χ0v) is 12.7. The van der Waals surface area contributed by atoms with Crippen molar-refractivity contribution in [3.05, 3.63) is 35.9 Å². The molecule has 0 aliphatic carbocycles. The fourth-order valence-electron chi connectivity index (χ4n) is 1.26. The van der Waals surface area contributed by atoms with Crippen LogP contribution in [0.15, 0.2) is 30.3 Å². The molecule has 90 valence electrons. The lowest BCUT2D eigenvalue weighted by molar-refractivity contribution is 0.707. The molecule has 0 saturated carbocycles. The van der Waals surface area contributed by atoms with E-state index in [2.05, 4.69) is 44.9 Å². The Morgan fingerprint density at radius 2 is 1.75 bits per heavy atom. The van der Waals surface area contributed by atoms with Crippen molar-refractivity contribution in [1.29, 1.82) is 0 Å². The van der Waals surface area contributed by atoms with Gasteiger partial charge in [-0.2, -0.15) is 0 Å². The van der Waals surface area contributed by atoms with Gasteiger partial charge in [0, 0.05) is 11.2 Å². The van der Waals surface area contributed by atoms with Crippen LogP contribution < -0.4 is 5.09 Å². The second-order valence-corrected chi connectivity index (χ2v) is 11.4. The van der Waals surface area contributed by atoms with Crippen molar-refractivity contribution < 1.29 is 0 Å². The van der Waals surface area contributed by atoms with Crippen molar-refractivity contribution in [2.75, 3.05) is 0 Å². The molecule has 0 radical (unpaired) electrons. The number of halogens is 1. The zero-order valence-electron chi connectivity index (χ0n) is 10.2. The predicted molar refractivity (Wildman–Crippen MR) is 77.9 cm³/mol. The maximum Gasteiger partial charge on any atom is 0.102 e. The Morgan fingerprint density at radius 1 is 1.25 bits per heavy atom. The molecular weight excluding hydrogens is 257 g/mol. The standard InChI is InChI=1S/C12H19ClNPS/c1-10(11-8-6-5-7-9-11)14-15(13,16)12(2,3)4/h5-10H,1-4H3,(H,14,16)/t10-,15?/m0/s1. The van der Waals surface area contributed by atoms with Gasteiger partial charge in [0.1, 0.15) is 5.54 Å². The first kappa shape index (κ1) is 14.2. The molecule has 0 aromatic heterocycles. The lowest BCUT2D eigenvalue weighted by atomic mass is 10.1. The Hall–Kier alpha value is 0.120. The first-order valence-corrected chi connectivity index (χ1v) is 9.07. The van der Waals surface area contributed by atoms with Gasteiger partial charge in [-0.3, -0.25) is 5.09 Å². The highest BCUT2D eigenvalue weighted by atomic mass is 35.7. The lowest BCUT2D eigenvalue weighted by Crippen LogP contribution is -2.24. The summed E-state index contributed by atoms with van der Waals surface area (Å²) < 4.78 is 0. The van der Waals surface area contributed by atoms with Gasteiger partial charge in [-0.05, 0) is 12.5 Å². The van der Waals surface area contributed by atoms with Crippen LogP contribution in [0.1, 0.15) is 39.3 Å². The third-order valence-electron chi connectivity index (χ3n) is 2.52. The predicted octanol–water partition coefficient (Wildman–Crippen LogP) is 4.68. The van der Waals surface area contributed by atoms with E-state index < -0.39 is 5.54 Å². The van der Waals surface area contributed by atoms with Crippen LogP contribution in [0.5, 0.6) is 0 Å². The van der Waals surface area contributed by atoms with Crippen molar-refractivity contribution in [1.82, 2.24) is 5.09 Å². The van der Waals surface area contributed by atoms with Crippen LogP contribution in [0.4, 0.5) is 0 Å². The van der Waals surface area contributed by atoms with Gasteiger partial charge < -0.3 is 0 Å². The molecule has 0 aliphatic rings. The quantitative estimate of drug-likeness (QED) is 0.804. The molecule has 0 aliphatic heterocycles. The Kier molecular flexibility index (Phi) is 4.59. The zero-order chi connectivity index (χ0) is 12.4. The molecule has 0 saturated heterocycles. The molecule has 1 aromatic carbocycles. The minimum absolute atomic E-state index is 0.0626. The third-order valence-corrected chi connectivity index (χ3v) is 8.74. The number of hydrogen-bond donors (Lipinski definition) is 1. The van der Waals surface area contributed by atoms with Crippen molar-refractivity contribution in [3.63, 3.8) is 0 Å². The summed E-state index contributed by atoms with van der Waals surface area (Å²) in [7, 11) is 0. The van der Waals surface area contributed by atoms with E-state index in [-0.39, 0.29) is 11.2 Å². The maximum atomic E-state index is 6.47. The number of nitrogens with one attached hydrogen (secondary N) is 1. The molecule has 0 heterocycles. The van der Waals surface area contributed by atoms with Crippen LogP contribution in [-0.4, -0.2) is 5.16 Å². The highest BCUT2D eigenvalue weighted by molar-refractivity contribution is 8.26. The molecular formula is C12H19ClNPS. The average molecular weight is 276 g/mol. The van der Waals surface area contributed by atoms with E-state index in [1.54, 1.807) is 0 Å². The highest BCUT2D eigenvalue weighted by Crippen LogP contribution is 2.60. The van der Waals surface area contributed by atoms with E-state index in [4.69, 9.17) is 23.0 Å². The molecule has 16 heavy (non-hydrogen) atoms. The van der Waals surface area contributed by atoms with Crippen LogP contribution in [0.2, 0.25) is 0 Å². The molecule has 4 heteroatoms. The fraction of sp³-hybridized carbons (Fsp3) is 0.500. The van der Waals surface area contributed by atoms with Gasteiger partial charge >= 0.3 is 0 Å². The summed E-state index contributed by atoms with van der Waals surface area (Å²) in [4.78, 5) is 0.